The van der Waals surface area contributed by atoms with Crippen LogP contribution in [0.2, 0.25) is 0 Å². The van der Waals surface area contributed by atoms with E-state index in [4.69, 9.17) is 0 Å². The van der Waals surface area contributed by atoms with Gasteiger partial charge >= 0.3 is 0 Å². The Morgan fingerprint density at radius 2 is 1.67 bits per heavy atom. The molecule has 0 unspecified atom stereocenters. The van der Waals surface area contributed by atoms with Crippen LogP contribution in [0.25, 0.3) is 0 Å². The van der Waals surface area contributed by atoms with Crippen molar-refractivity contribution in [2.45, 2.75) is 32.2 Å². The first-order chi connectivity index (χ1) is 13.1. The third-order valence-corrected chi connectivity index (χ3v) is 4.97. The lowest BCUT2D eigenvalue weighted by molar-refractivity contribution is -0.117. The van der Waals surface area contributed by atoms with Gasteiger partial charge in [0, 0.05) is 30.4 Å². The van der Waals surface area contributed by atoms with Gasteiger partial charge in [0.15, 0.2) is 0 Å². The van der Waals surface area contributed by atoms with Gasteiger partial charge in [0.25, 0.3) is 5.91 Å². The lowest BCUT2D eigenvalue weighted by atomic mass is 10.0. The molecule has 142 valence electrons. The summed E-state index contributed by atoms with van der Waals surface area (Å²) in [5, 5.41) is 6.03. The molecule has 2 aromatic rings. The van der Waals surface area contributed by atoms with E-state index in [-0.39, 0.29) is 17.9 Å². The number of hydrogen-bond donors (Lipinski definition) is 2. The summed E-state index contributed by atoms with van der Waals surface area (Å²) < 4.78 is 0. The predicted octanol–water partition coefficient (Wildman–Crippen LogP) is 3.08. The average Bonchev–Trinajstić information content (AvgIpc) is 2.70. The van der Waals surface area contributed by atoms with Crippen LogP contribution < -0.4 is 10.6 Å². The van der Waals surface area contributed by atoms with Gasteiger partial charge in [-0.25, -0.2) is 0 Å². The number of piperidine rings is 1. The van der Waals surface area contributed by atoms with Crippen molar-refractivity contribution in [3.63, 3.8) is 0 Å². The van der Waals surface area contributed by atoms with Gasteiger partial charge in [0.05, 0.1) is 6.54 Å². The fraction of sp³-hybridized carbons (Fsp3) is 0.364. The van der Waals surface area contributed by atoms with E-state index in [0.717, 1.165) is 38.0 Å². The zero-order chi connectivity index (χ0) is 19.1. The van der Waals surface area contributed by atoms with E-state index in [1.807, 2.05) is 54.6 Å². The molecule has 5 nitrogen and oxygen atoms in total. The summed E-state index contributed by atoms with van der Waals surface area (Å²) in [6.45, 7) is 4.10. The molecule has 0 atom stereocenters. The molecule has 2 amide bonds. The van der Waals surface area contributed by atoms with Crippen LogP contribution in [0.15, 0.2) is 54.6 Å². The molecule has 27 heavy (non-hydrogen) atoms. The topological polar surface area (TPSA) is 61.4 Å². The number of carbonyl (C=O) groups excluding carboxylic acids is 2. The van der Waals surface area contributed by atoms with Gasteiger partial charge in [-0.15, -0.1) is 0 Å². The molecule has 0 spiro atoms. The Balaban J connectivity index is 1.41. The Morgan fingerprint density at radius 3 is 2.30 bits per heavy atom. The van der Waals surface area contributed by atoms with Crippen molar-refractivity contribution in [1.82, 2.24) is 10.2 Å². The molecule has 5 heteroatoms. The number of aryl methyl sites for hydroxylation is 1. The number of para-hydroxylation sites is 1. The van der Waals surface area contributed by atoms with Crippen LogP contribution in [0.5, 0.6) is 0 Å². The quantitative estimate of drug-likeness (QED) is 0.827. The average molecular weight is 365 g/mol. The lowest BCUT2D eigenvalue weighted by Crippen LogP contribution is -2.46. The van der Waals surface area contributed by atoms with E-state index >= 15 is 0 Å². The summed E-state index contributed by atoms with van der Waals surface area (Å²) in [7, 11) is 0. The van der Waals surface area contributed by atoms with Crippen LogP contribution in [0, 0.1) is 0 Å². The van der Waals surface area contributed by atoms with Crippen LogP contribution in [-0.4, -0.2) is 42.4 Å². The second-order valence-electron chi connectivity index (χ2n) is 6.99. The van der Waals surface area contributed by atoms with Crippen molar-refractivity contribution in [1.29, 1.82) is 0 Å². The van der Waals surface area contributed by atoms with Crippen molar-refractivity contribution in [3.05, 3.63) is 65.7 Å². The number of hydrogen-bond acceptors (Lipinski definition) is 3. The van der Waals surface area contributed by atoms with Gasteiger partial charge < -0.3 is 10.6 Å². The van der Waals surface area contributed by atoms with Gasteiger partial charge in [0.1, 0.15) is 0 Å². The van der Waals surface area contributed by atoms with Crippen molar-refractivity contribution >= 4 is 17.5 Å². The summed E-state index contributed by atoms with van der Waals surface area (Å²) >= 11 is 0. The molecule has 1 saturated heterocycles. The largest absolute Gasteiger partial charge is 0.349 e. The molecular formula is C22H27N3O2. The highest BCUT2D eigenvalue weighted by atomic mass is 16.2. The number of amides is 2. The number of anilines is 1. The molecule has 2 N–H and O–H groups in total. The highest BCUT2D eigenvalue weighted by Crippen LogP contribution is 2.13. The van der Waals surface area contributed by atoms with Gasteiger partial charge in [-0.1, -0.05) is 37.3 Å². The van der Waals surface area contributed by atoms with Crippen molar-refractivity contribution in [2.75, 3.05) is 25.0 Å². The van der Waals surface area contributed by atoms with E-state index in [2.05, 4.69) is 22.5 Å². The van der Waals surface area contributed by atoms with Crippen molar-refractivity contribution in [3.8, 4) is 0 Å². The Labute approximate surface area is 160 Å². The highest BCUT2D eigenvalue weighted by molar-refractivity contribution is 5.94. The summed E-state index contributed by atoms with van der Waals surface area (Å²) in [4.78, 5) is 26.7. The number of nitrogens with zero attached hydrogens (tertiary/aromatic N) is 1. The maximum absolute atomic E-state index is 12.4. The highest BCUT2D eigenvalue weighted by Gasteiger charge is 2.22. The predicted molar refractivity (Wildman–Crippen MR) is 108 cm³/mol. The summed E-state index contributed by atoms with van der Waals surface area (Å²) in [6, 6.07) is 17.4. The van der Waals surface area contributed by atoms with Crippen molar-refractivity contribution < 1.29 is 9.59 Å². The number of benzene rings is 2. The number of nitrogens with one attached hydrogen (secondary N) is 2. The minimum atomic E-state index is -0.0158. The maximum Gasteiger partial charge on any atom is 0.251 e. The Kier molecular flexibility index (Phi) is 6.60. The summed E-state index contributed by atoms with van der Waals surface area (Å²) in [5.41, 5.74) is 2.75. The van der Waals surface area contributed by atoms with E-state index in [0.29, 0.717) is 12.1 Å². The van der Waals surface area contributed by atoms with E-state index in [9.17, 15) is 9.59 Å². The number of likely N-dealkylation sites (tertiary alicyclic amines) is 1. The molecule has 0 aromatic heterocycles. The smallest absolute Gasteiger partial charge is 0.251 e. The molecule has 3 rings (SSSR count). The minimum Gasteiger partial charge on any atom is -0.349 e. The molecule has 0 saturated carbocycles. The minimum absolute atomic E-state index is 0.000278. The van der Waals surface area contributed by atoms with E-state index < -0.39 is 0 Å². The fourth-order valence-electron chi connectivity index (χ4n) is 3.32. The standard InChI is InChI=1S/C22H27N3O2/c1-2-17-8-10-18(11-9-17)22(27)24-20-12-14-25(15-13-20)16-21(26)23-19-6-4-3-5-7-19/h3-11,20H,2,12-16H2,1H3,(H,23,26)(H,24,27). The van der Waals surface area contributed by atoms with Crippen LogP contribution >= 0.6 is 0 Å². The summed E-state index contributed by atoms with van der Waals surface area (Å²) in [5.74, 6) is -0.0161. The molecule has 0 bridgehead atoms. The van der Waals surface area contributed by atoms with Crippen LogP contribution in [0.1, 0.15) is 35.7 Å². The molecule has 1 aliphatic heterocycles. The second kappa shape index (κ2) is 9.33. The molecule has 1 fully saturated rings. The van der Waals surface area contributed by atoms with Gasteiger partial charge in [-0.2, -0.15) is 0 Å². The third kappa shape index (κ3) is 5.66. The first kappa shape index (κ1) is 19.1. The first-order valence-corrected chi connectivity index (χ1v) is 9.61. The van der Waals surface area contributed by atoms with Crippen LogP contribution in [-0.2, 0) is 11.2 Å². The van der Waals surface area contributed by atoms with E-state index in [1.54, 1.807) is 0 Å². The zero-order valence-corrected chi connectivity index (χ0v) is 15.8. The number of rotatable bonds is 6. The maximum atomic E-state index is 12.4. The summed E-state index contributed by atoms with van der Waals surface area (Å²) in [6.07, 6.45) is 2.69. The molecule has 2 aromatic carbocycles. The molecule has 0 radical (unpaired) electrons. The van der Waals surface area contributed by atoms with Gasteiger partial charge in [0.2, 0.25) is 5.91 Å². The first-order valence-electron chi connectivity index (χ1n) is 9.61. The van der Waals surface area contributed by atoms with E-state index in [1.165, 1.54) is 5.56 Å². The molecule has 1 heterocycles. The lowest BCUT2D eigenvalue weighted by Gasteiger charge is -2.31. The molecule has 0 aliphatic carbocycles. The third-order valence-electron chi connectivity index (χ3n) is 4.97. The SMILES string of the molecule is CCc1ccc(C(=O)NC2CCN(CC(=O)Nc3ccccc3)CC2)cc1. The second-order valence-corrected chi connectivity index (χ2v) is 6.99. The van der Waals surface area contributed by atoms with Crippen molar-refractivity contribution in [2.24, 2.45) is 0 Å². The monoisotopic (exact) mass is 365 g/mol. The van der Waals surface area contributed by atoms with Crippen LogP contribution in [0.4, 0.5) is 5.69 Å². The van der Waals surface area contributed by atoms with Crippen LogP contribution in [0.3, 0.4) is 0 Å². The molecular weight excluding hydrogens is 338 g/mol. The molecule has 1 aliphatic rings. The fourth-order valence-corrected chi connectivity index (χ4v) is 3.32. The number of carbonyl (C=O) groups is 2. The van der Waals surface area contributed by atoms with Gasteiger partial charge in [-0.05, 0) is 49.1 Å². The Hall–Kier alpha value is -2.66. The Morgan fingerprint density at radius 1 is 1.00 bits per heavy atom. The zero-order valence-electron chi connectivity index (χ0n) is 15.8. The van der Waals surface area contributed by atoms with Gasteiger partial charge in [-0.3, -0.25) is 14.5 Å². The Bertz CT molecular complexity index is 751. The normalized spacial score (nSPS) is 15.3.